The molecule has 5 heteroatoms. The molecular formula is C59H56N2O2S. The van der Waals surface area contributed by atoms with Crippen LogP contribution in [-0.2, 0) is 13.1 Å². The second-order valence-electron chi connectivity index (χ2n) is 16.1. The Morgan fingerprint density at radius 2 is 0.875 bits per heavy atom. The van der Waals surface area contributed by atoms with E-state index >= 15 is 0 Å². The fourth-order valence-electron chi connectivity index (χ4n) is 8.11. The van der Waals surface area contributed by atoms with Gasteiger partial charge in [-0.15, -0.1) is 0 Å². The van der Waals surface area contributed by atoms with Crippen LogP contribution in [0.2, 0.25) is 0 Å². The lowest BCUT2D eigenvalue weighted by Gasteiger charge is -2.06. The second-order valence-corrected chi connectivity index (χ2v) is 17.2. The van der Waals surface area contributed by atoms with Crippen LogP contribution in [0.4, 0.5) is 0 Å². The summed E-state index contributed by atoms with van der Waals surface area (Å²) < 4.78 is 4.69. The Morgan fingerprint density at radius 3 is 1.42 bits per heavy atom. The summed E-state index contributed by atoms with van der Waals surface area (Å²) in [4.78, 5) is 26.4. The van der Waals surface area contributed by atoms with Crippen LogP contribution in [0.3, 0.4) is 0 Å². The molecule has 0 unspecified atom stereocenters. The van der Waals surface area contributed by atoms with Gasteiger partial charge < -0.3 is 9.13 Å². The second kappa shape index (κ2) is 20.9. The molecule has 0 amide bonds. The molecule has 10 aromatic rings. The van der Waals surface area contributed by atoms with Crippen LogP contribution in [0.15, 0.2) is 198 Å². The summed E-state index contributed by atoms with van der Waals surface area (Å²) in [5, 5.41) is 5.11. The Bertz CT molecular complexity index is 3180. The fraction of sp³-hybridized carbons (Fsp3) is 0.153. The first-order valence-corrected chi connectivity index (χ1v) is 22.8. The van der Waals surface area contributed by atoms with E-state index in [-0.39, 0.29) is 11.6 Å². The SMILES string of the molecule is CC(=O)c1ccc(Sc2ccccc2)cc1.CCn1c2ccc(C)cc2c2cc(C(=O)c3ccccc3C)ccc21.CCn1c2ccccc2c2cc(C)ccc21.Cc1ccccc1. The average Bonchev–Trinajstić information content (AvgIpc) is 3.81. The molecule has 0 spiro atoms. The zero-order chi connectivity index (χ0) is 45.2. The van der Waals surface area contributed by atoms with Crippen molar-refractivity contribution in [2.75, 3.05) is 0 Å². The molecule has 0 bridgehead atoms. The van der Waals surface area contributed by atoms with Crippen LogP contribution in [-0.4, -0.2) is 20.7 Å². The molecule has 4 nitrogen and oxygen atoms in total. The van der Waals surface area contributed by atoms with Crippen LogP contribution in [0.5, 0.6) is 0 Å². The Hall–Kier alpha value is -6.95. The number of aryl methyl sites for hydroxylation is 6. The smallest absolute Gasteiger partial charge is 0.193 e. The summed E-state index contributed by atoms with van der Waals surface area (Å²) in [5.41, 5.74) is 12.3. The average molecular weight is 857 g/mol. The third-order valence-electron chi connectivity index (χ3n) is 11.4. The zero-order valence-electron chi connectivity index (χ0n) is 37.9. The van der Waals surface area contributed by atoms with Gasteiger partial charge in [-0.05, 0) is 127 Å². The topological polar surface area (TPSA) is 44.0 Å². The number of Topliss-reactive ketones (excluding diaryl/α,β-unsaturated/α-hetero) is 1. The number of hydrogen-bond acceptors (Lipinski definition) is 3. The molecule has 320 valence electrons. The molecule has 8 aromatic carbocycles. The highest BCUT2D eigenvalue weighted by atomic mass is 32.2. The maximum Gasteiger partial charge on any atom is 0.193 e. The maximum absolute atomic E-state index is 13.0. The Balaban J connectivity index is 0.000000137. The van der Waals surface area contributed by atoms with E-state index in [9.17, 15) is 9.59 Å². The normalized spacial score (nSPS) is 10.7. The van der Waals surface area contributed by atoms with Crippen molar-refractivity contribution in [2.24, 2.45) is 0 Å². The van der Waals surface area contributed by atoms with Gasteiger partial charge in [0, 0.05) is 83.2 Å². The van der Waals surface area contributed by atoms with E-state index < -0.39 is 0 Å². The van der Waals surface area contributed by atoms with Crippen LogP contribution >= 0.6 is 11.8 Å². The van der Waals surface area contributed by atoms with Gasteiger partial charge in [0.2, 0.25) is 0 Å². The van der Waals surface area contributed by atoms with E-state index in [0.29, 0.717) is 0 Å². The van der Waals surface area contributed by atoms with E-state index in [1.165, 1.54) is 59.8 Å². The fourth-order valence-corrected chi connectivity index (χ4v) is 8.95. The number of carbonyl (C=O) groups excluding carboxylic acids is 2. The number of ketones is 2. The van der Waals surface area contributed by atoms with Gasteiger partial charge in [-0.1, -0.05) is 144 Å². The third kappa shape index (κ3) is 10.5. The number of hydrogen-bond donors (Lipinski definition) is 0. The van der Waals surface area contributed by atoms with Gasteiger partial charge >= 0.3 is 0 Å². The Kier molecular flexibility index (Phi) is 14.8. The van der Waals surface area contributed by atoms with Crippen molar-refractivity contribution >= 4 is 66.9 Å². The summed E-state index contributed by atoms with van der Waals surface area (Å²) in [6.45, 7) is 16.2. The van der Waals surface area contributed by atoms with Crippen LogP contribution < -0.4 is 0 Å². The number of para-hydroxylation sites is 1. The lowest BCUT2D eigenvalue weighted by molar-refractivity contribution is 0.101. The number of rotatable bonds is 7. The van der Waals surface area contributed by atoms with Crippen LogP contribution in [0.1, 0.15) is 69.3 Å². The molecule has 0 fully saturated rings. The van der Waals surface area contributed by atoms with Crippen molar-refractivity contribution in [1.29, 1.82) is 0 Å². The lowest BCUT2D eigenvalue weighted by Crippen LogP contribution is -2.03. The minimum Gasteiger partial charge on any atom is -0.341 e. The molecular weight excluding hydrogens is 801 g/mol. The van der Waals surface area contributed by atoms with Crippen molar-refractivity contribution in [2.45, 2.75) is 71.3 Å². The van der Waals surface area contributed by atoms with E-state index in [0.717, 1.165) is 45.6 Å². The first-order valence-electron chi connectivity index (χ1n) is 22.0. The monoisotopic (exact) mass is 856 g/mol. The third-order valence-corrected chi connectivity index (χ3v) is 12.4. The number of fused-ring (bicyclic) bond motifs is 6. The highest BCUT2D eigenvalue weighted by Crippen LogP contribution is 2.32. The predicted octanol–water partition coefficient (Wildman–Crippen LogP) is 15.8. The van der Waals surface area contributed by atoms with Gasteiger partial charge in [0.25, 0.3) is 0 Å². The van der Waals surface area contributed by atoms with Crippen molar-refractivity contribution in [1.82, 2.24) is 9.13 Å². The molecule has 64 heavy (non-hydrogen) atoms. The minimum atomic E-state index is 0.0880. The van der Waals surface area contributed by atoms with E-state index in [4.69, 9.17) is 0 Å². The summed E-state index contributed by atoms with van der Waals surface area (Å²) in [7, 11) is 0. The van der Waals surface area contributed by atoms with E-state index in [1.807, 2.05) is 97.9 Å². The summed E-state index contributed by atoms with van der Waals surface area (Å²) >= 11 is 1.70. The molecule has 0 aliphatic carbocycles. The summed E-state index contributed by atoms with van der Waals surface area (Å²) in [6.07, 6.45) is 0. The Morgan fingerprint density at radius 1 is 0.422 bits per heavy atom. The molecule has 0 saturated carbocycles. The minimum absolute atomic E-state index is 0.0880. The van der Waals surface area contributed by atoms with Gasteiger partial charge in [0.1, 0.15) is 0 Å². The summed E-state index contributed by atoms with van der Waals surface area (Å²) in [5.74, 6) is 0.196. The predicted molar refractivity (Wildman–Crippen MR) is 273 cm³/mol. The van der Waals surface area contributed by atoms with Gasteiger partial charge in [0.05, 0.1) is 0 Å². The van der Waals surface area contributed by atoms with Crippen molar-refractivity contribution in [3.05, 3.63) is 227 Å². The molecule has 0 radical (unpaired) electrons. The number of carbonyl (C=O) groups is 2. The number of benzene rings is 8. The molecule has 0 aliphatic rings. The molecule has 0 atom stereocenters. The molecule has 2 heterocycles. The number of nitrogens with zero attached hydrogens (tertiary/aromatic N) is 2. The largest absolute Gasteiger partial charge is 0.341 e. The highest BCUT2D eigenvalue weighted by molar-refractivity contribution is 7.99. The lowest BCUT2D eigenvalue weighted by atomic mass is 9.98. The number of aromatic nitrogens is 2. The van der Waals surface area contributed by atoms with Crippen LogP contribution in [0, 0.1) is 27.7 Å². The molecule has 0 aliphatic heterocycles. The van der Waals surface area contributed by atoms with Crippen molar-refractivity contribution in [3.63, 3.8) is 0 Å². The van der Waals surface area contributed by atoms with Gasteiger partial charge in [-0.3, -0.25) is 9.59 Å². The molecule has 0 saturated heterocycles. The van der Waals surface area contributed by atoms with Crippen molar-refractivity contribution < 1.29 is 9.59 Å². The maximum atomic E-state index is 13.0. The molecule has 2 aromatic heterocycles. The summed E-state index contributed by atoms with van der Waals surface area (Å²) in [6, 6.07) is 63.9. The molecule has 0 N–H and O–H groups in total. The first-order chi connectivity index (χ1) is 31.1. The van der Waals surface area contributed by atoms with Gasteiger partial charge in [-0.25, -0.2) is 0 Å². The highest BCUT2D eigenvalue weighted by Gasteiger charge is 2.16. The van der Waals surface area contributed by atoms with Gasteiger partial charge in [-0.2, -0.15) is 0 Å². The van der Waals surface area contributed by atoms with Crippen molar-refractivity contribution in [3.8, 4) is 0 Å². The van der Waals surface area contributed by atoms with Gasteiger partial charge in [0.15, 0.2) is 11.6 Å². The van der Waals surface area contributed by atoms with Crippen LogP contribution in [0.25, 0.3) is 43.6 Å². The van der Waals surface area contributed by atoms with E-state index in [2.05, 4.69) is 141 Å². The van der Waals surface area contributed by atoms with E-state index in [1.54, 1.807) is 18.7 Å². The molecule has 10 rings (SSSR count). The first kappa shape index (κ1) is 45.1. The Labute approximate surface area is 382 Å². The standard InChI is InChI=1S/C23H21NO.C15H15N.C14H12OS.C7H8/c1-4-24-21-11-9-15(2)13-19(21)20-14-17(10-12-22(20)24)23(25)18-8-6-5-7-16(18)3;1-3-16-14-7-5-4-6-12(14)13-10-11(2)8-9-15(13)16;1-11(15)12-7-9-14(10-8-12)16-13-5-3-2-4-6-13;1-7-5-3-2-4-6-7/h5-14H,4H2,1-3H3;4-10H,3H2,1-2H3;2-10H,1H3;2-6H,1H3. The zero-order valence-corrected chi connectivity index (χ0v) is 38.7. The quantitative estimate of drug-likeness (QED) is 0.150.